The highest BCUT2D eigenvalue weighted by Crippen LogP contribution is 2.22. The summed E-state index contributed by atoms with van der Waals surface area (Å²) in [7, 11) is 0. The van der Waals surface area contributed by atoms with Gasteiger partial charge in [-0.3, -0.25) is 9.59 Å². The smallest absolute Gasteiger partial charge is 0.170 e. The second-order valence-electron chi connectivity index (χ2n) is 6.14. The molecule has 0 aliphatic heterocycles. The second kappa shape index (κ2) is 6.04. The van der Waals surface area contributed by atoms with E-state index in [1.165, 1.54) is 5.56 Å². The summed E-state index contributed by atoms with van der Waals surface area (Å²) in [5.41, 5.74) is 2.36. The monoisotopic (exact) mass is 279 g/mol. The third kappa shape index (κ3) is 3.88. The highest BCUT2D eigenvalue weighted by Gasteiger charge is 2.16. The van der Waals surface area contributed by atoms with E-state index in [4.69, 9.17) is 0 Å². The first-order valence-electron chi connectivity index (χ1n) is 7.01. The minimum atomic E-state index is -0.158. The van der Waals surface area contributed by atoms with Crippen molar-refractivity contribution in [1.29, 1.82) is 0 Å². The Labute approximate surface area is 125 Å². The minimum Gasteiger partial charge on any atom is -0.294 e. The van der Waals surface area contributed by atoms with Crippen LogP contribution in [-0.2, 0) is 5.41 Å². The maximum absolute atomic E-state index is 12.2. The first-order chi connectivity index (χ1) is 9.88. The molecule has 0 aliphatic carbocycles. The quantitative estimate of drug-likeness (QED) is 0.619. The van der Waals surface area contributed by atoms with Gasteiger partial charge in [-0.25, -0.2) is 0 Å². The number of benzene rings is 2. The predicted octanol–water partition coefficient (Wildman–Crippen LogP) is 4.24. The van der Waals surface area contributed by atoms with Gasteiger partial charge in [0.05, 0.1) is 6.42 Å². The fraction of sp³-hybridized carbons (Fsp3) is 0.263. The van der Waals surface area contributed by atoms with Crippen LogP contribution >= 0.6 is 0 Å². The molecule has 0 aromatic heterocycles. The zero-order valence-electron chi connectivity index (χ0n) is 12.6. The molecule has 2 aromatic rings. The molecule has 0 bridgehead atoms. The third-order valence-electron chi connectivity index (χ3n) is 3.43. The normalized spacial score (nSPS) is 11.2. The molecule has 0 amide bonds. The van der Waals surface area contributed by atoms with Crippen LogP contribution in [0.25, 0.3) is 0 Å². The van der Waals surface area contributed by atoms with Gasteiger partial charge in [0.2, 0.25) is 0 Å². The summed E-state index contributed by atoms with van der Waals surface area (Å²) in [5.74, 6) is -0.304. The lowest BCUT2D eigenvalue weighted by Crippen LogP contribution is -2.12. The van der Waals surface area contributed by atoms with Crippen molar-refractivity contribution in [2.24, 2.45) is 0 Å². The molecule has 2 heteroatoms. The molecule has 1 radical (unpaired) electrons. The van der Waals surface area contributed by atoms with Gasteiger partial charge in [0.15, 0.2) is 11.6 Å². The molecule has 0 fully saturated rings. The number of carbonyl (C=O) groups excluding carboxylic acids is 2. The summed E-state index contributed by atoms with van der Waals surface area (Å²) in [6.07, 6.45) is -0.0983. The van der Waals surface area contributed by atoms with E-state index in [2.05, 4.69) is 26.8 Å². The molecule has 0 saturated carbocycles. The summed E-state index contributed by atoms with van der Waals surface area (Å²) in [4.78, 5) is 24.2. The van der Waals surface area contributed by atoms with Crippen LogP contribution < -0.4 is 0 Å². The summed E-state index contributed by atoms with van der Waals surface area (Å²) >= 11 is 0. The lowest BCUT2D eigenvalue weighted by molar-refractivity contribution is 0.0894. The molecular formula is C19H19O2. The Balaban J connectivity index is 2.09. The Morgan fingerprint density at radius 1 is 0.857 bits per heavy atom. The minimum absolute atomic E-state index is 0.0535. The van der Waals surface area contributed by atoms with E-state index < -0.39 is 0 Å². The summed E-state index contributed by atoms with van der Waals surface area (Å²) in [6, 6.07) is 17.1. The molecule has 0 aliphatic rings. The Morgan fingerprint density at radius 2 is 1.33 bits per heavy atom. The molecule has 2 nitrogen and oxygen atoms in total. The number of hydrogen-bond acceptors (Lipinski definition) is 2. The third-order valence-corrected chi connectivity index (χ3v) is 3.43. The van der Waals surface area contributed by atoms with E-state index in [9.17, 15) is 9.59 Å². The number of hydrogen-bond donors (Lipinski definition) is 0. The standard InChI is InChI=1S/C19H19O2/c1-19(2,3)16-11-9-15(10-12-16)18(21)13-17(20)14-7-5-4-6-8-14/h5-12H,13H2,1-3H3. The van der Waals surface area contributed by atoms with Crippen LogP contribution in [0.3, 0.4) is 0 Å². The number of carbonyl (C=O) groups is 2. The average molecular weight is 279 g/mol. The van der Waals surface area contributed by atoms with Crippen molar-refractivity contribution in [2.45, 2.75) is 32.6 Å². The van der Waals surface area contributed by atoms with Gasteiger partial charge in [-0.1, -0.05) is 69.3 Å². The van der Waals surface area contributed by atoms with Crippen LogP contribution in [0, 0.1) is 6.07 Å². The first-order valence-corrected chi connectivity index (χ1v) is 7.01. The highest BCUT2D eigenvalue weighted by molar-refractivity contribution is 6.13. The number of ketones is 2. The molecule has 0 unspecified atom stereocenters. The van der Waals surface area contributed by atoms with Crippen molar-refractivity contribution in [1.82, 2.24) is 0 Å². The van der Waals surface area contributed by atoms with Crippen molar-refractivity contribution in [3.05, 3.63) is 71.3 Å². The van der Waals surface area contributed by atoms with Crippen LogP contribution in [-0.4, -0.2) is 11.6 Å². The summed E-state index contributed by atoms with van der Waals surface area (Å²) in [5, 5.41) is 0. The number of rotatable bonds is 4. The molecule has 0 spiro atoms. The zero-order chi connectivity index (χ0) is 15.5. The highest BCUT2D eigenvalue weighted by atomic mass is 16.1. The van der Waals surface area contributed by atoms with Crippen LogP contribution in [0.2, 0.25) is 0 Å². The molecular weight excluding hydrogens is 260 g/mol. The van der Waals surface area contributed by atoms with Gasteiger partial charge in [0.1, 0.15) is 0 Å². The van der Waals surface area contributed by atoms with E-state index in [0.717, 1.165) is 0 Å². The molecule has 21 heavy (non-hydrogen) atoms. The van der Waals surface area contributed by atoms with Gasteiger partial charge in [0, 0.05) is 11.1 Å². The van der Waals surface area contributed by atoms with Crippen molar-refractivity contribution in [3.8, 4) is 0 Å². The van der Waals surface area contributed by atoms with Crippen molar-refractivity contribution < 1.29 is 9.59 Å². The molecule has 0 heterocycles. The summed E-state index contributed by atoms with van der Waals surface area (Å²) < 4.78 is 0. The maximum Gasteiger partial charge on any atom is 0.170 e. The van der Waals surface area contributed by atoms with E-state index >= 15 is 0 Å². The fourth-order valence-corrected chi connectivity index (χ4v) is 2.08. The topological polar surface area (TPSA) is 34.1 Å². The van der Waals surface area contributed by atoms with E-state index in [1.807, 2.05) is 12.1 Å². The van der Waals surface area contributed by atoms with Gasteiger partial charge >= 0.3 is 0 Å². The average Bonchev–Trinajstić information content (AvgIpc) is 2.47. The summed E-state index contributed by atoms with van der Waals surface area (Å²) in [6.45, 7) is 6.37. The van der Waals surface area contributed by atoms with Crippen molar-refractivity contribution >= 4 is 11.6 Å². The predicted molar refractivity (Wildman–Crippen MR) is 83.7 cm³/mol. The molecule has 2 rings (SSSR count). The molecule has 0 atom stereocenters. The second-order valence-corrected chi connectivity index (χ2v) is 6.14. The molecule has 107 valence electrons. The molecule has 0 saturated heterocycles. The Bertz CT molecular complexity index is 632. The lowest BCUT2D eigenvalue weighted by Gasteiger charge is -2.18. The molecule has 2 aromatic carbocycles. The fourth-order valence-electron chi connectivity index (χ4n) is 2.08. The van der Waals surface area contributed by atoms with E-state index in [0.29, 0.717) is 11.1 Å². The number of Topliss-reactive ketones (excluding diaryl/α,β-unsaturated/α-hetero) is 2. The van der Waals surface area contributed by atoms with Crippen LogP contribution in [0.5, 0.6) is 0 Å². The lowest BCUT2D eigenvalue weighted by atomic mass is 9.86. The van der Waals surface area contributed by atoms with E-state index in [-0.39, 0.29) is 23.4 Å². The van der Waals surface area contributed by atoms with Crippen molar-refractivity contribution in [2.75, 3.05) is 0 Å². The maximum atomic E-state index is 12.2. The largest absolute Gasteiger partial charge is 0.294 e. The SMILES string of the molecule is CC(C)(C)c1ccc(C(=O)CC(=O)c2cc[c]cc2)cc1. The van der Waals surface area contributed by atoms with Crippen LogP contribution in [0.1, 0.15) is 53.5 Å². The van der Waals surface area contributed by atoms with Crippen LogP contribution in [0.15, 0.2) is 48.5 Å². The first kappa shape index (κ1) is 15.2. The molecule has 0 N–H and O–H groups in total. The van der Waals surface area contributed by atoms with Gasteiger partial charge < -0.3 is 0 Å². The Kier molecular flexibility index (Phi) is 4.37. The van der Waals surface area contributed by atoms with Crippen molar-refractivity contribution in [3.63, 3.8) is 0 Å². The zero-order valence-corrected chi connectivity index (χ0v) is 12.6. The van der Waals surface area contributed by atoms with Gasteiger partial charge in [0.25, 0.3) is 0 Å². The van der Waals surface area contributed by atoms with Gasteiger partial charge in [-0.15, -0.1) is 0 Å². The van der Waals surface area contributed by atoms with E-state index in [1.54, 1.807) is 36.4 Å². The van der Waals surface area contributed by atoms with Crippen LogP contribution in [0.4, 0.5) is 0 Å². The Hall–Kier alpha value is -2.22. The van der Waals surface area contributed by atoms with Gasteiger partial charge in [-0.05, 0) is 17.0 Å². The van der Waals surface area contributed by atoms with Gasteiger partial charge in [-0.2, -0.15) is 0 Å². The Morgan fingerprint density at radius 3 is 1.81 bits per heavy atom.